The maximum absolute atomic E-state index is 14.3. The SMILES string of the molecule is CCN1CCN(c2cccc3c2C(=O)N([C@H](CCCOCc2ccccc2)c2ccc(OC)c(OC)c2)C3=O)CC1.COc1ccc([C@@H](CCCNC(=O)C(C)C)N2C(=O)c3cccc(OC4CCN(C)C4)c3C2=O)cc1OC.[C-]#[N+]C(C(C)=O)C(=O)NCCC[C@H](c1ccc(OC)c(OC)c1)N1C(=O)c2cccc(N3CCN([C@H](C)c4ccccc4)CC3)c2C1=O. The molecule has 3 saturated heterocycles. The van der Waals surface area contributed by atoms with Gasteiger partial charge in [0.15, 0.2) is 34.5 Å². The van der Waals surface area contributed by atoms with Gasteiger partial charge in [-0.1, -0.05) is 118 Å². The van der Waals surface area contributed by atoms with Gasteiger partial charge < -0.3 is 68.1 Å². The molecule has 28 heteroatoms. The first-order chi connectivity index (χ1) is 61.5. The lowest BCUT2D eigenvalue weighted by Gasteiger charge is -2.39. The largest absolute Gasteiger partial charge is 0.493 e. The normalized spacial score (nSPS) is 16.9. The smallest absolute Gasteiger partial charge is 0.356 e. The van der Waals surface area contributed by atoms with Crippen LogP contribution >= 0.6 is 0 Å². The third-order valence-electron chi connectivity index (χ3n) is 24.4. The standard InChI is InChI=1S/C37H41N5O6.C33H39N3O5.C29H37N3O6/c1-24(26-11-7-6-8-12-26)40-19-21-41(22-20-40)30-14-9-13-28-33(30)37(46)42(36(28)45)29(27-16-17-31(47-4)32(23-27)48-5)15-10-18-39-35(44)34(38-3)25(2)43;1-4-34-17-19-35(20-18-34)28-13-8-12-26-31(28)33(38)36(32(26)37)27(25-15-16-29(39-2)30(22-25)40-3)14-9-21-41-23-24-10-6-5-7-11-24;1-18(2)27(33)30-14-7-9-22(19-11-12-23(36-4)25(16-19)37-5)32-28(34)21-8-6-10-24(26(21)29(32)35)38-20-13-15-31(3)17-20/h6-9,11-14,16-17,23-24,29,34H,10,15,18-22H2,1-2,4-5H3,(H,39,44);5-8,10-13,15-16,22,27H,4,9,14,17-21,23H2,1-3H3;6,8,10-12,16,18,20,22H,7,9,13-15,17H2,1-5H3,(H,30,33)/t24-,29-,34?;27-;20?,22-/m111/s1. The molecular weight excluding hydrogens is 1620 g/mol. The molecule has 14 rings (SSSR count). The number of anilines is 2. The van der Waals surface area contributed by atoms with Crippen molar-refractivity contribution in [3.63, 3.8) is 0 Å². The first-order valence-electron chi connectivity index (χ1n) is 43.6. The first-order valence-corrected chi connectivity index (χ1v) is 43.6. The van der Waals surface area contributed by atoms with Crippen LogP contribution in [0.25, 0.3) is 4.85 Å². The van der Waals surface area contributed by atoms with Gasteiger partial charge in [-0.15, -0.1) is 0 Å². The Balaban J connectivity index is 0.000000174. The van der Waals surface area contributed by atoms with E-state index in [2.05, 4.69) is 78.1 Å². The van der Waals surface area contributed by atoms with Crippen molar-refractivity contribution in [3.8, 4) is 40.2 Å². The van der Waals surface area contributed by atoms with E-state index in [0.717, 1.165) is 93.4 Å². The summed E-state index contributed by atoms with van der Waals surface area (Å²) in [6.07, 6.45) is 3.78. The number of fused-ring (bicyclic) bond motifs is 3. The molecule has 28 nitrogen and oxygen atoms in total. The Morgan fingerprint density at radius 2 is 0.882 bits per heavy atom. The summed E-state index contributed by atoms with van der Waals surface area (Å²) >= 11 is 0. The minimum atomic E-state index is -1.40. The fourth-order valence-electron chi connectivity index (χ4n) is 17.4. The van der Waals surface area contributed by atoms with Gasteiger partial charge in [0.1, 0.15) is 11.9 Å². The van der Waals surface area contributed by atoms with Crippen molar-refractivity contribution < 1.29 is 81.0 Å². The van der Waals surface area contributed by atoms with Gasteiger partial charge >= 0.3 is 11.9 Å². The Kier molecular flexibility index (Phi) is 32.4. The highest BCUT2D eigenvalue weighted by molar-refractivity contribution is 6.25. The Bertz CT molecular complexity index is 5280. The molecule has 3 fully saturated rings. The lowest BCUT2D eigenvalue weighted by Crippen LogP contribution is -2.47. The molecule has 0 saturated carbocycles. The molecule has 8 aromatic rings. The molecular formula is C99H117N11O17. The number of carbonyl (C=O) groups is 9. The molecule has 670 valence electrons. The second kappa shape index (κ2) is 44.0. The monoisotopic (exact) mass is 1730 g/mol. The molecule has 6 aliphatic heterocycles. The molecule has 8 aromatic carbocycles. The summed E-state index contributed by atoms with van der Waals surface area (Å²) in [5.74, 6) is 0.269. The number of likely N-dealkylation sites (N-methyl/N-ethyl adjacent to an activating group) is 2. The maximum atomic E-state index is 14.3. The van der Waals surface area contributed by atoms with Crippen LogP contribution in [-0.4, -0.2) is 236 Å². The molecule has 2 unspecified atom stereocenters. The summed E-state index contributed by atoms with van der Waals surface area (Å²) in [6.45, 7) is 27.3. The van der Waals surface area contributed by atoms with Gasteiger partial charge in [0.25, 0.3) is 35.4 Å². The molecule has 6 heterocycles. The number of hydrogen-bond acceptors (Lipinski definition) is 22. The van der Waals surface area contributed by atoms with Crippen LogP contribution in [0.3, 0.4) is 0 Å². The first kappa shape index (κ1) is 93.5. The van der Waals surface area contributed by atoms with E-state index >= 15 is 0 Å². The number of hydrogen-bond donors (Lipinski definition) is 2. The fourth-order valence-corrected chi connectivity index (χ4v) is 17.4. The van der Waals surface area contributed by atoms with E-state index in [4.69, 9.17) is 44.5 Å². The predicted molar refractivity (Wildman–Crippen MR) is 483 cm³/mol. The molecule has 0 radical (unpaired) electrons. The molecule has 6 atom stereocenters. The summed E-state index contributed by atoms with van der Waals surface area (Å²) < 4.78 is 45.0. The quantitative estimate of drug-likeness (QED) is 0.0160. The minimum absolute atomic E-state index is 0.0327. The Morgan fingerprint density at radius 3 is 1.31 bits per heavy atom. The highest BCUT2D eigenvalue weighted by Crippen LogP contribution is 2.46. The van der Waals surface area contributed by atoms with Crippen molar-refractivity contribution in [2.24, 2.45) is 5.92 Å². The van der Waals surface area contributed by atoms with Crippen molar-refractivity contribution in [1.29, 1.82) is 0 Å². The van der Waals surface area contributed by atoms with Crippen molar-refractivity contribution in [3.05, 3.63) is 242 Å². The molecule has 0 aromatic heterocycles. The van der Waals surface area contributed by atoms with Gasteiger partial charge in [0, 0.05) is 104 Å². The number of imide groups is 3. The number of ketones is 1. The van der Waals surface area contributed by atoms with Crippen molar-refractivity contribution in [2.45, 2.75) is 122 Å². The summed E-state index contributed by atoms with van der Waals surface area (Å²) in [5.41, 5.74) is 8.57. The van der Waals surface area contributed by atoms with Crippen molar-refractivity contribution in [1.82, 2.24) is 40.0 Å². The molecule has 0 aliphatic carbocycles. The van der Waals surface area contributed by atoms with Crippen molar-refractivity contribution >= 4 is 64.4 Å². The zero-order valence-corrected chi connectivity index (χ0v) is 74.7. The van der Waals surface area contributed by atoms with Gasteiger partial charge in [0.2, 0.25) is 11.7 Å². The van der Waals surface area contributed by atoms with Crippen LogP contribution in [0.15, 0.2) is 170 Å². The summed E-state index contributed by atoms with van der Waals surface area (Å²) in [4.78, 5) is 139. The zero-order chi connectivity index (χ0) is 90.5. The minimum Gasteiger partial charge on any atom is -0.493 e. The van der Waals surface area contributed by atoms with Gasteiger partial charge in [0.05, 0.1) is 112 Å². The molecule has 0 spiro atoms. The van der Waals surface area contributed by atoms with Crippen LogP contribution in [0, 0.1) is 12.5 Å². The average Bonchev–Trinajstić information content (AvgIpc) is 1.61. The number of carbonyl (C=O) groups excluding carboxylic acids is 9. The fraction of sp³-hybridized carbons (Fsp3) is 0.414. The number of methoxy groups -OCH3 is 6. The third kappa shape index (κ3) is 21.5. The zero-order valence-electron chi connectivity index (χ0n) is 74.7. The number of nitrogens with zero attached hydrogens (tertiary/aromatic N) is 9. The van der Waals surface area contributed by atoms with E-state index in [0.29, 0.717) is 151 Å². The summed E-state index contributed by atoms with van der Waals surface area (Å²) in [5, 5.41) is 5.57. The maximum Gasteiger partial charge on any atom is 0.356 e. The summed E-state index contributed by atoms with van der Waals surface area (Å²) in [7, 11) is 11.4. The third-order valence-corrected chi connectivity index (χ3v) is 24.4. The average molecular weight is 1730 g/mol. The molecule has 2 N–H and O–H groups in total. The number of amides is 8. The molecule has 8 amide bonds. The Labute approximate surface area is 744 Å². The van der Waals surface area contributed by atoms with Gasteiger partial charge in [-0.05, 0) is 166 Å². The van der Waals surface area contributed by atoms with E-state index in [1.54, 1.807) is 89.1 Å². The Hall–Kier alpha value is -12.7. The number of nitrogens with one attached hydrogen (secondary N) is 2. The van der Waals surface area contributed by atoms with Crippen LogP contribution in [0.5, 0.6) is 40.2 Å². The van der Waals surface area contributed by atoms with Crippen LogP contribution in [0.1, 0.15) is 194 Å². The highest BCUT2D eigenvalue weighted by Gasteiger charge is 2.47. The summed E-state index contributed by atoms with van der Waals surface area (Å²) in [6, 6.07) is 50.1. The van der Waals surface area contributed by atoms with Gasteiger partial charge in [-0.2, -0.15) is 0 Å². The van der Waals surface area contributed by atoms with E-state index in [1.165, 1.54) is 41.4 Å². The van der Waals surface area contributed by atoms with E-state index in [9.17, 15) is 43.2 Å². The second-order valence-corrected chi connectivity index (χ2v) is 32.6. The Morgan fingerprint density at radius 1 is 0.457 bits per heavy atom. The van der Waals surface area contributed by atoms with E-state index in [-0.39, 0.29) is 66.0 Å². The van der Waals surface area contributed by atoms with Gasteiger partial charge in [-0.3, -0.25) is 67.6 Å². The predicted octanol–water partition coefficient (Wildman–Crippen LogP) is 13.6. The van der Waals surface area contributed by atoms with Crippen LogP contribution in [0.2, 0.25) is 0 Å². The van der Waals surface area contributed by atoms with Gasteiger partial charge in [-0.25, -0.2) is 6.57 Å². The molecule has 0 bridgehead atoms. The number of benzene rings is 8. The molecule has 127 heavy (non-hydrogen) atoms. The van der Waals surface area contributed by atoms with Crippen molar-refractivity contribution in [2.75, 3.05) is 151 Å². The van der Waals surface area contributed by atoms with Crippen LogP contribution < -0.4 is 53.6 Å². The van der Waals surface area contributed by atoms with E-state index in [1.807, 2.05) is 106 Å². The lowest BCUT2D eigenvalue weighted by molar-refractivity contribution is -0.128. The molecule has 6 aliphatic rings. The highest BCUT2D eigenvalue weighted by atomic mass is 16.5. The second-order valence-electron chi connectivity index (χ2n) is 32.6. The number of ether oxygens (including phenoxy) is 8. The van der Waals surface area contributed by atoms with Crippen LogP contribution in [0.4, 0.5) is 11.4 Å². The number of likely N-dealkylation sites (tertiary alicyclic amines) is 1. The topological polar surface area (TPSA) is 282 Å². The number of rotatable bonds is 36. The number of Topliss-reactive ketones (excluding diaryl/α,β-unsaturated/α-hetero) is 1. The van der Waals surface area contributed by atoms with E-state index < -0.39 is 35.9 Å². The lowest BCUT2D eigenvalue weighted by atomic mass is 9.99. The number of piperazine rings is 2. The van der Waals surface area contributed by atoms with Crippen LogP contribution in [-0.2, 0) is 25.7 Å².